The van der Waals surface area contributed by atoms with Crippen LogP contribution in [0.4, 0.5) is 0 Å². The topological polar surface area (TPSA) is 46.5 Å². The molecule has 3 heteroatoms. The van der Waals surface area contributed by atoms with E-state index in [1.165, 1.54) is 7.11 Å². The van der Waals surface area contributed by atoms with Crippen LogP contribution in [0.5, 0.6) is 0 Å². The van der Waals surface area contributed by atoms with E-state index in [-0.39, 0.29) is 11.9 Å². The minimum Gasteiger partial charge on any atom is -0.469 e. The van der Waals surface area contributed by atoms with E-state index in [0.29, 0.717) is 12.8 Å². The molecule has 0 spiro atoms. The molecule has 2 atom stereocenters. The number of hydrogen-bond donors (Lipinski definition) is 1. The SMILES string of the molecule is CC[C@@H](O)[C@@H](CC)C(=O)OC. The second kappa shape index (κ2) is 5.13. The van der Waals surface area contributed by atoms with E-state index in [0.717, 1.165) is 0 Å². The van der Waals surface area contributed by atoms with E-state index in [9.17, 15) is 9.90 Å². The summed E-state index contributed by atoms with van der Waals surface area (Å²) in [4.78, 5) is 11.0. The van der Waals surface area contributed by atoms with E-state index >= 15 is 0 Å². The summed E-state index contributed by atoms with van der Waals surface area (Å²) in [5, 5.41) is 9.32. The van der Waals surface area contributed by atoms with Gasteiger partial charge in [0.2, 0.25) is 0 Å². The van der Waals surface area contributed by atoms with Gasteiger partial charge in [-0.05, 0) is 12.8 Å². The predicted molar refractivity (Wildman–Crippen MR) is 42.1 cm³/mol. The number of aliphatic hydroxyl groups is 1. The minimum absolute atomic E-state index is 0.318. The average Bonchev–Trinajstić information content (AvgIpc) is 2.05. The Labute approximate surface area is 67.4 Å². The first-order chi connectivity index (χ1) is 5.17. The summed E-state index contributed by atoms with van der Waals surface area (Å²) in [6.45, 7) is 3.71. The van der Waals surface area contributed by atoms with Crippen LogP contribution in [-0.2, 0) is 9.53 Å². The molecule has 0 amide bonds. The molecule has 0 heterocycles. The normalized spacial score (nSPS) is 15.6. The third-order valence-electron chi connectivity index (χ3n) is 1.83. The molecule has 0 rings (SSSR count). The lowest BCUT2D eigenvalue weighted by Gasteiger charge is -2.16. The van der Waals surface area contributed by atoms with Gasteiger partial charge in [0, 0.05) is 0 Å². The van der Waals surface area contributed by atoms with Gasteiger partial charge in [-0.3, -0.25) is 4.79 Å². The smallest absolute Gasteiger partial charge is 0.311 e. The maximum atomic E-state index is 11.0. The lowest BCUT2D eigenvalue weighted by Crippen LogP contribution is -2.28. The molecule has 0 aliphatic rings. The van der Waals surface area contributed by atoms with Gasteiger partial charge in [-0.15, -0.1) is 0 Å². The third-order valence-corrected chi connectivity index (χ3v) is 1.83. The number of carbonyl (C=O) groups excluding carboxylic acids is 1. The molecule has 3 nitrogen and oxygen atoms in total. The monoisotopic (exact) mass is 160 g/mol. The summed E-state index contributed by atoms with van der Waals surface area (Å²) < 4.78 is 4.53. The Balaban J connectivity index is 4.03. The molecule has 0 bridgehead atoms. The first-order valence-corrected chi connectivity index (χ1v) is 3.93. The molecule has 0 saturated carbocycles. The zero-order valence-electron chi connectivity index (χ0n) is 7.33. The van der Waals surface area contributed by atoms with Crippen molar-refractivity contribution in [2.24, 2.45) is 5.92 Å². The molecule has 11 heavy (non-hydrogen) atoms. The Morgan fingerprint density at radius 1 is 1.45 bits per heavy atom. The maximum Gasteiger partial charge on any atom is 0.311 e. The van der Waals surface area contributed by atoms with Crippen molar-refractivity contribution >= 4 is 5.97 Å². The van der Waals surface area contributed by atoms with Crippen LogP contribution in [0, 0.1) is 5.92 Å². The Kier molecular flexibility index (Phi) is 4.86. The second-order valence-corrected chi connectivity index (χ2v) is 2.51. The van der Waals surface area contributed by atoms with Crippen LogP contribution < -0.4 is 0 Å². The van der Waals surface area contributed by atoms with Crippen LogP contribution in [0.15, 0.2) is 0 Å². The van der Waals surface area contributed by atoms with E-state index < -0.39 is 6.10 Å². The largest absolute Gasteiger partial charge is 0.469 e. The lowest BCUT2D eigenvalue weighted by atomic mass is 9.98. The molecule has 0 aliphatic heterocycles. The van der Waals surface area contributed by atoms with Crippen molar-refractivity contribution in [2.75, 3.05) is 7.11 Å². The zero-order valence-corrected chi connectivity index (χ0v) is 7.33. The van der Waals surface area contributed by atoms with E-state index in [1.54, 1.807) is 0 Å². The molecule has 0 aliphatic carbocycles. The number of aliphatic hydroxyl groups excluding tert-OH is 1. The molecular weight excluding hydrogens is 144 g/mol. The Hall–Kier alpha value is -0.570. The highest BCUT2D eigenvalue weighted by atomic mass is 16.5. The molecule has 0 saturated heterocycles. The Bertz CT molecular complexity index is 123. The van der Waals surface area contributed by atoms with Gasteiger partial charge in [0.05, 0.1) is 19.1 Å². The van der Waals surface area contributed by atoms with Crippen molar-refractivity contribution in [2.45, 2.75) is 32.8 Å². The van der Waals surface area contributed by atoms with Crippen LogP contribution >= 0.6 is 0 Å². The molecular formula is C8H16O3. The number of ether oxygens (including phenoxy) is 1. The van der Waals surface area contributed by atoms with Gasteiger partial charge in [-0.2, -0.15) is 0 Å². The van der Waals surface area contributed by atoms with Crippen molar-refractivity contribution in [1.29, 1.82) is 0 Å². The van der Waals surface area contributed by atoms with Crippen molar-refractivity contribution in [3.63, 3.8) is 0 Å². The highest BCUT2D eigenvalue weighted by Gasteiger charge is 2.23. The first kappa shape index (κ1) is 10.4. The van der Waals surface area contributed by atoms with Crippen LogP contribution in [-0.4, -0.2) is 24.3 Å². The predicted octanol–water partition coefficient (Wildman–Crippen LogP) is 0.956. The maximum absolute atomic E-state index is 11.0. The number of methoxy groups -OCH3 is 1. The van der Waals surface area contributed by atoms with E-state index in [4.69, 9.17) is 0 Å². The molecule has 0 aromatic rings. The van der Waals surface area contributed by atoms with Gasteiger partial charge < -0.3 is 9.84 Å². The van der Waals surface area contributed by atoms with Crippen LogP contribution in [0.2, 0.25) is 0 Å². The minimum atomic E-state index is -0.563. The standard InChI is InChI=1S/C8H16O3/c1-4-6(7(9)5-2)8(10)11-3/h6-7,9H,4-5H2,1-3H3/t6-,7-/m1/s1. The van der Waals surface area contributed by atoms with Crippen molar-refractivity contribution < 1.29 is 14.6 Å². The summed E-state index contributed by atoms with van der Waals surface area (Å²) in [5.41, 5.74) is 0. The van der Waals surface area contributed by atoms with Crippen LogP contribution in [0.3, 0.4) is 0 Å². The van der Waals surface area contributed by atoms with Gasteiger partial charge in [0.25, 0.3) is 0 Å². The summed E-state index contributed by atoms with van der Waals surface area (Å²) in [7, 11) is 1.34. The highest BCUT2D eigenvalue weighted by molar-refractivity contribution is 5.72. The zero-order chi connectivity index (χ0) is 8.85. The highest BCUT2D eigenvalue weighted by Crippen LogP contribution is 2.12. The molecule has 0 radical (unpaired) electrons. The average molecular weight is 160 g/mol. The number of rotatable bonds is 4. The van der Waals surface area contributed by atoms with Crippen LogP contribution in [0.1, 0.15) is 26.7 Å². The summed E-state index contributed by atoms with van der Waals surface area (Å²) in [6.07, 6.45) is 0.655. The van der Waals surface area contributed by atoms with Crippen LogP contribution in [0.25, 0.3) is 0 Å². The van der Waals surface area contributed by atoms with Gasteiger partial charge in [-0.25, -0.2) is 0 Å². The fraction of sp³-hybridized carbons (Fsp3) is 0.875. The Morgan fingerprint density at radius 3 is 2.27 bits per heavy atom. The summed E-state index contributed by atoms with van der Waals surface area (Å²) in [5.74, 6) is -0.674. The summed E-state index contributed by atoms with van der Waals surface area (Å²) in [6, 6.07) is 0. The van der Waals surface area contributed by atoms with Crippen molar-refractivity contribution in [3.8, 4) is 0 Å². The fourth-order valence-electron chi connectivity index (χ4n) is 1.03. The molecule has 0 aromatic carbocycles. The van der Waals surface area contributed by atoms with Gasteiger partial charge in [-0.1, -0.05) is 13.8 Å². The number of esters is 1. The lowest BCUT2D eigenvalue weighted by molar-refractivity contribution is -0.149. The molecule has 66 valence electrons. The summed E-state index contributed by atoms with van der Waals surface area (Å²) >= 11 is 0. The van der Waals surface area contributed by atoms with E-state index in [1.807, 2.05) is 13.8 Å². The fourth-order valence-corrected chi connectivity index (χ4v) is 1.03. The molecule has 0 aromatic heterocycles. The number of carbonyl (C=O) groups is 1. The van der Waals surface area contributed by atoms with E-state index in [2.05, 4.69) is 4.74 Å². The number of hydrogen-bond acceptors (Lipinski definition) is 3. The van der Waals surface area contributed by atoms with Crippen molar-refractivity contribution in [1.82, 2.24) is 0 Å². The molecule has 0 fully saturated rings. The van der Waals surface area contributed by atoms with Crippen molar-refractivity contribution in [3.05, 3.63) is 0 Å². The molecule has 1 N–H and O–H groups in total. The Morgan fingerprint density at radius 2 is 2.00 bits per heavy atom. The van der Waals surface area contributed by atoms with Gasteiger partial charge >= 0.3 is 5.97 Å². The quantitative estimate of drug-likeness (QED) is 0.623. The van der Waals surface area contributed by atoms with Gasteiger partial charge in [0.15, 0.2) is 0 Å². The first-order valence-electron chi connectivity index (χ1n) is 3.93. The third kappa shape index (κ3) is 2.89. The van der Waals surface area contributed by atoms with Gasteiger partial charge in [0.1, 0.15) is 0 Å². The second-order valence-electron chi connectivity index (χ2n) is 2.51. The molecule has 0 unspecified atom stereocenters.